The second kappa shape index (κ2) is 2.74. The van der Waals surface area contributed by atoms with Crippen molar-refractivity contribution in [2.75, 3.05) is 13.1 Å². The van der Waals surface area contributed by atoms with Crippen molar-refractivity contribution in [2.24, 2.45) is 0 Å². The van der Waals surface area contributed by atoms with E-state index in [1.807, 2.05) is 0 Å². The number of Topliss-reactive ketones (excluding diaryl/α,β-unsaturated/α-hetero) is 1. The zero-order chi connectivity index (χ0) is 7.56. The van der Waals surface area contributed by atoms with E-state index >= 15 is 0 Å². The van der Waals surface area contributed by atoms with Crippen LogP contribution in [0.25, 0.3) is 0 Å². The molecule has 0 saturated carbocycles. The van der Waals surface area contributed by atoms with Crippen molar-refractivity contribution in [1.29, 1.82) is 0 Å². The molecule has 5 nitrogen and oxygen atoms in total. The van der Waals surface area contributed by atoms with Crippen LogP contribution in [-0.4, -0.2) is 29.8 Å². The summed E-state index contributed by atoms with van der Waals surface area (Å²) in [5, 5.41) is 13.9. The molecule has 10 heavy (non-hydrogen) atoms. The fourth-order valence-corrected chi connectivity index (χ4v) is 0.855. The first-order valence-corrected chi connectivity index (χ1v) is 3.01. The van der Waals surface area contributed by atoms with E-state index in [1.54, 1.807) is 0 Å². The molecule has 1 radical (unpaired) electrons. The van der Waals surface area contributed by atoms with Crippen LogP contribution in [0.1, 0.15) is 6.42 Å². The Morgan fingerprint density at radius 1 is 1.70 bits per heavy atom. The van der Waals surface area contributed by atoms with Gasteiger partial charge in [0.05, 0.1) is 6.54 Å². The van der Waals surface area contributed by atoms with E-state index < -0.39 is 11.0 Å². The maximum atomic E-state index is 10.7. The smallest absolute Gasteiger partial charge is 0.284 e. The van der Waals surface area contributed by atoms with Crippen molar-refractivity contribution in [3.05, 3.63) is 10.1 Å². The summed E-state index contributed by atoms with van der Waals surface area (Å²) in [5.41, 5.74) is 0. The molecule has 0 aromatic rings. The number of nitrogens with zero attached hydrogens (tertiary/aromatic N) is 2. The topological polar surface area (TPSA) is 74.3 Å². The molecule has 55 valence electrons. The molecule has 1 saturated heterocycles. The molecule has 1 rings (SSSR count). The highest BCUT2D eigenvalue weighted by Crippen LogP contribution is 2.00. The van der Waals surface area contributed by atoms with Gasteiger partial charge in [0, 0.05) is 17.9 Å². The van der Waals surface area contributed by atoms with Crippen molar-refractivity contribution in [1.82, 2.24) is 5.32 Å². The summed E-state index contributed by atoms with van der Waals surface area (Å²) in [6, 6.07) is -1.06. The largest absolute Gasteiger partial charge is 0.292 e. The summed E-state index contributed by atoms with van der Waals surface area (Å²) < 4.78 is 0. The Morgan fingerprint density at radius 3 is 2.80 bits per heavy atom. The Kier molecular flexibility index (Phi) is 1.96. The van der Waals surface area contributed by atoms with Crippen molar-refractivity contribution < 1.29 is 9.72 Å². The normalized spacial score (nSPS) is 26.4. The molecular formula is C5H7N2O3. The molecule has 0 aromatic carbocycles. The van der Waals surface area contributed by atoms with Crippen molar-refractivity contribution in [2.45, 2.75) is 12.5 Å². The number of hydrogen-bond donors (Lipinski definition) is 0. The first kappa shape index (κ1) is 7.14. The predicted molar refractivity (Wildman–Crippen MR) is 32.3 cm³/mol. The first-order valence-electron chi connectivity index (χ1n) is 3.01. The van der Waals surface area contributed by atoms with Crippen molar-refractivity contribution >= 4 is 5.78 Å². The van der Waals surface area contributed by atoms with E-state index in [-0.39, 0.29) is 18.7 Å². The number of nitro groups is 1. The molecule has 0 N–H and O–H groups in total. The minimum absolute atomic E-state index is 0.0613. The molecule has 1 fully saturated rings. The standard InChI is InChI=1S/C5H7N2O3/c8-5-1-2-6-3-4(5)7(9)10/h4H,1-3H2. The Labute approximate surface area is 57.6 Å². The zero-order valence-corrected chi connectivity index (χ0v) is 5.32. The fraction of sp³-hybridized carbons (Fsp3) is 0.800. The van der Waals surface area contributed by atoms with Gasteiger partial charge in [0.1, 0.15) is 0 Å². The van der Waals surface area contributed by atoms with Crippen LogP contribution in [-0.2, 0) is 4.79 Å². The van der Waals surface area contributed by atoms with Crippen LogP contribution in [0.3, 0.4) is 0 Å². The molecule has 0 amide bonds. The lowest BCUT2D eigenvalue weighted by Crippen LogP contribution is -2.42. The fourth-order valence-electron chi connectivity index (χ4n) is 0.855. The van der Waals surface area contributed by atoms with Gasteiger partial charge in [-0.25, -0.2) is 5.32 Å². The second-order valence-corrected chi connectivity index (χ2v) is 2.15. The zero-order valence-electron chi connectivity index (χ0n) is 5.32. The molecule has 0 aromatic heterocycles. The van der Waals surface area contributed by atoms with E-state index in [0.29, 0.717) is 6.54 Å². The van der Waals surface area contributed by atoms with Crippen molar-refractivity contribution in [3.8, 4) is 0 Å². The van der Waals surface area contributed by atoms with Gasteiger partial charge in [0.2, 0.25) is 5.78 Å². The SMILES string of the molecule is O=C1CC[N]CC1[N+](=O)[O-]. The lowest BCUT2D eigenvalue weighted by Gasteiger charge is -2.12. The van der Waals surface area contributed by atoms with E-state index in [0.717, 1.165) is 0 Å². The van der Waals surface area contributed by atoms with Crippen LogP contribution < -0.4 is 5.32 Å². The van der Waals surface area contributed by atoms with Gasteiger partial charge >= 0.3 is 0 Å². The van der Waals surface area contributed by atoms with Crippen LogP contribution >= 0.6 is 0 Å². The first-order chi connectivity index (χ1) is 4.72. The minimum Gasteiger partial charge on any atom is -0.292 e. The third-order valence-electron chi connectivity index (χ3n) is 1.44. The summed E-state index contributed by atoms with van der Waals surface area (Å²) in [5.74, 6) is -0.292. The third-order valence-corrected chi connectivity index (χ3v) is 1.44. The summed E-state index contributed by atoms with van der Waals surface area (Å²) in [4.78, 5) is 20.3. The van der Waals surface area contributed by atoms with E-state index in [4.69, 9.17) is 0 Å². The van der Waals surface area contributed by atoms with Gasteiger partial charge in [-0.1, -0.05) is 0 Å². The summed E-state index contributed by atoms with van der Waals surface area (Å²) in [7, 11) is 0. The number of ketones is 1. The second-order valence-electron chi connectivity index (χ2n) is 2.15. The monoisotopic (exact) mass is 143 g/mol. The summed E-state index contributed by atoms with van der Waals surface area (Å²) in [6.07, 6.45) is 0.228. The van der Waals surface area contributed by atoms with E-state index in [2.05, 4.69) is 5.32 Å². The molecule has 0 bridgehead atoms. The highest BCUT2D eigenvalue weighted by Gasteiger charge is 2.32. The number of hydrogen-bond acceptors (Lipinski definition) is 3. The average molecular weight is 143 g/mol. The molecular weight excluding hydrogens is 136 g/mol. The Hall–Kier alpha value is -0.970. The van der Waals surface area contributed by atoms with Gasteiger partial charge in [0.25, 0.3) is 6.04 Å². The van der Waals surface area contributed by atoms with Crippen LogP contribution in [0.4, 0.5) is 0 Å². The molecule has 1 aliphatic rings. The lowest BCUT2D eigenvalue weighted by molar-refractivity contribution is -0.506. The third kappa shape index (κ3) is 1.30. The maximum Gasteiger partial charge on any atom is 0.284 e. The number of carbonyl (C=O) groups excluding carboxylic acids is 1. The molecule has 1 aliphatic heterocycles. The molecule has 1 unspecified atom stereocenters. The number of rotatable bonds is 1. The van der Waals surface area contributed by atoms with Crippen LogP contribution in [0, 0.1) is 10.1 Å². The van der Waals surface area contributed by atoms with E-state index in [9.17, 15) is 14.9 Å². The van der Waals surface area contributed by atoms with Crippen molar-refractivity contribution in [3.63, 3.8) is 0 Å². The lowest BCUT2D eigenvalue weighted by atomic mass is 10.1. The average Bonchev–Trinajstić information content (AvgIpc) is 1.88. The molecule has 0 aliphatic carbocycles. The van der Waals surface area contributed by atoms with Gasteiger partial charge in [-0.05, 0) is 0 Å². The van der Waals surface area contributed by atoms with Crippen LogP contribution in [0.2, 0.25) is 0 Å². The number of piperidine rings is 1. The van der Waals surface area contributed by atoms with Gasteiger partial charge in [-0.2, -0.15) is 0 Å². The Balaban J connectivity index is 2.56. The molecule has 5 heteroatoms. The van der Waals surface area contributed by atoms with Gasteiger partial charge in [0.15, 0.2) is 0 Å². The maximum absolute atomic E-state index is 10.7. The van der Waals surface area contributed by atoms with Crippen LogP contribution in [0.5, 0.6) is 0 Å². The molecule has 0 spiro atoms. The quantitative estimate of drug-likeness (QED) is 0.356. The Morgan fingerprint density at radius 2 is 2.40 bits per heavy atom. The highest BCUT2D eigenvalue weighted by molar-refractivity contribution is 5.83. The van der Waals surface area contributed by atoms with Gasteiger partial charge < -0.3 is 0 Å². The minimum atomic E-state index is -1.06. The van der Waals surface area contributed by atoms with Gasteiger partial charge in [-0.3, -0.25) is 14.9 Å². The molecule has 1 atom stereocenters. The summed E-state index contributed by atoms with van der Waals surface area (Å²) >= 11 is 0. The highest BCUT2D eigenvalue weighted by atomic mass is 16.6. The van der Waals surface area contributed by atoms with Gasteiger partial charge in [-0.15, -0.1) is 0 Å². The van der Waals surface area contributed by atoms with Crippen LogP contribution in [0.15, 0.2) is 0 Å². The Bertz CT molecular complexity index is 168. The number of carbonyl (C=O) groups is 1. The predicted octanol–water partition coefficient (Wildman–Crippen LogP) is -0.791. The molecule has 1 heterocycles. The summed E-state index contributed by atoms with van der Waals surface area (Å²) in [6.45, 7) is 0.509. The van der Waals surface area contributed by atoms with E-state index in [1.165, 1.54) is 0 Å².